The number of benzene rings is 1. The van der Waals surface area contributed by atoms with Crippen molar-refractivity contribution in [2.75, 3.05) is 26.2 Å². The molecule has 24 heavy (non-hydrogen) atoms. The molecule has 130 valence electrons. The first-order valence-corrected chi connectivity index (χ1v) is 8.11. The average molecular weight is 339 g/mol. The van der Waals surface area contributed by atoms with Crippen molar-refractivity contribution in [3.8, 4) is 11.4 Å². The highest BCUT2D eigenvalue weighted by Crippen LogP contribution is 2.30. The SMILES string of the molecule is FC(F)(F)c1ccnn1-c1ccc(OCCN2CCCCC2)cc1. The topological polar surface area (TPSA) is 30.3 Å². The number of aromatic nitrogens is 2. The molecular formula is C17H20F3N3O. The summed E-state index contributed by atoms with van der Waals surface area (Å²) in [5, 5.41) is 3.76. The van der Waals surface area contributed by atoms with Gasteiger partial charge in [0.2, 0.25) is 0 Å². The number of hydrogen-bond donors (Lipinski definition) is 0. The van der Waals surface area contributed by atoms with Crippen LogP contribution in [0.4, 0.5) is 13.2 Å². The summed E-state index contributed by atoms with van der Waals surface area (Å²) >= 11 is 0. The van der Waals surface area contributed by atoms with E-state index in [1.54, 1.807) is 24.3 Å². The molecule has 1 aliphatic rings. The van der Waals surface area contributed by atoms with Crippen LogP contribution < -0.4 is 4.74 Å². The molecule has 0 radical (unpaired) electrons. The van der Waals surface area contributed by atoms with E-state index in [-0.39, 0.29) is 0 Å². The number of halogens is 3. The number of hydrogen-bond acceptors (Lipinski definition) is 3. The Morgan fingerprint density at radius 1 is 1.00 bits per heavy atom. The Morgan fingerprint density at radius 3 is 2.38 bits per heavy atom. The fraction of sp³-hybridized carbons (Fsp3) is 0.471. The lowest BCUT2D eigenvalue weighted by molar-refractivity contribution is -0.142. The third-order valence-corrected chi connectivity index (χ3v) is 4.14. The third-order valence-electron chi connectivity index (χ3n) is 4.14. The van der Waals surface area contributed by atoms with Gasteiger partial charge in [-0.1, -0.05) is 6.42 Å². The lowest BCUT2D eigenvalue weighted by Gasteiger charge is -2.26. The maximum atomic E-state index is 12.9. The van der Waals surface area contributed by atoms with Crippen molar-refractivity contribution >= 4 is 0 Å². The molecule has 0 saturated carbocycles. The van der Waals surface area contributed by atoms with Crippen LogP contribution in [0.3, 0.4) is 0 Å². The molecule has 0 spiro atoms. The summed E-state index contributed by atoms with van der Waals surface area (Å²) < 4.78 is 45.3. The van der Waals surface area contributed by atoms with E-state index >= 15 is 0 Å². The van der Waals surface area contributed by atoms with E-state index < -0.39 is 11.9 Å². The zero-order chi connectivity index (χ0) is 17.0. The van der Waals surface area contributed by atoms with Crippen LogP contribution in [0.15, 0.2) is 36.5 Å². The lowest BCUT2D eigenvalue weighted by atomic mass is 10.1. The minimum atomic E-state index is -4.43. The van der Waals surface area contributed by atoms with E-state index in [1.807, 2.05) is 0 Å². The standard InChI is InChI=1S/C17H20F3N3O/c18-17(19,20)16-8-9-21-23(16)14-4-6-15(7-5-14)24-13-12-22-10-2-1-3-11-22/h4-9H,1-3,10-13H2. The molecule has 4 nitrogen and oxygen atoms in total. The molecule has 2 aromatic rings. The summed E-state index contributed by atoms with van der Waals surface area (Å²) in [7, 11) is 0. The Balaban J connectivity index is 1.58. The van der Waals surface area contributed by atoms with Gasteiger partial charge in [-0.3, -0.25) is 4.90 Å². The normalized spacial score (nSPS) is 16.3. The van der Waals surface area contributed by atoms with E-state index in [4.69, 9.17) is 4.74 Å². The molecule has 0 unspecified atom stereocenters. The summed E-state index contributed by atoms with van der Waals surface area (Å²) in [5.74, 6) is 0.650. The Morgan fingerprint density at radius 2 is 1.71 bits per heavy atom. The zero-order valence-electron chi connectivity index (χ0n) is 13.3. The summed E-state index contributed by atoms with van der Waals surface area (Å²) in [6.45, 7) is 3.68. The molecule has 1 aromatic heterocycles. The smallest absolute Gasteiger partial charge is 0.433 e. The summed E-state index contributed by atoms with van der Waals surface area (Å²) in [4.78, 5) is 2.37. The van der Waals surface area contributed by atoms with Gasteiger partial charge in [0.25, 0.3) is 0 Å². The molecule has 1 saturated heterocycles. The minimum absolute atomic E-state index is 0.357. The van der Waals surface area contributed by atoms with Crippen molar-refractivity contribution in [2.45, 2.75) is 25.4 Å². The van der Waals surface area contributed by atoms with Gasteiger partial charge in [-0.2, -0.15) is 18.3 Å². The summed E-state index contributed by atoms with van der Waals surface area (Å²) in [6, 6.07) is 7.47. The molecule has 0 bridgehead atoms. The van der Waals surface area contributed by atoms with Gasteiger partial charge in [0.15, 0.2) is 0 Å². The van der Waals surface area contributed by atoms with Crippen LogP contribution in [0, 0.1) is 0 Å². The van der Waals surface area contributed by atoms with Gasteiger partial charge in [-0.25, -0.2) is 4.68 Å². The van der Waals surface area contributed by atoms with Gasteiger partial charge in [0.1, 0.15) is 18.1 Å². The van der Waals surface area contributed by atoms with E-state index in [0.717, 1.165) is 36.6 Å². The van der Waals surface area contributed by atoms with E-state index in [2.05, 4.69) is 10.00 Å². The molecule has 3 rings (SSSR count). The minimum Gasteiger partial charge on any atom is -0.492 e. The fourth-order valence-corrected chi connectivity index (χ4v) is 2.88. The molecular weight excluding hydrogens is 319 g/mol. The number of piperidine rings is 1. The van der Waals surface area contributed by atoms with Crippen LogP contribution in [0.1, 0.15) is 25.0 Å². The Bertz CT molecular complexity index is 646. The molecule has 2 heterocycles. The number of alkyl halides is 3. The van der Waals surface area contributed by atoms with Crippen LogP contribution in [-0.4, -0.2) is 40.9 Å². The van der Waals surface area contributed by atoms with Gasteiger partial charge in [-0.15, -0.1) is 0 Å². The molecule has 0 aliphatic carbocycles. The van der Waals surface area contributed by atoms with Crippen molar-refractivity contribution in [1.29, 1.82) is 0 Å². The van der Waals surface area contributed by atoms with Crippen LogP contribution in [0.25, 0.3) is 5.69 Å². The molecule has 0 amide bonds. The van der Waals surface area contributed by atoms with Crippen LogP contribution in [-0.2, 0) is 6.18 Å². The van der Waals surface area contributed by atoms with Crippen molar-refractivity contribution in [3.05, 3.63) is 42.2 Å². The largest absolute Gasteiger partial charge is 0.492 e. The Kier molecular flexibility index (Phi) is 5.08. The lowest BCUT2D eigenvalue weighted by Crippen LogP contribution is -2.33. The summed E-state index contributed by atoms with van der Waals surface area (Å²) in [5.41, 5.74) is -0.433. The fourth-order valence-electron chi connectivity index (χ4n) is 2.88. The maximum absolute atomic E-state index is 12.9. The van der Waals surface area contributed by atoms with E-state index in [1.165, 1.54) is 19.3 Å². The molecule has 1 aliphatic heterocycles. The average Bonchev–Trinajstić information content (AvgIpc) is 3.06. The number of rotatable bonds is 5. The van der Waals surface area contributed by atoms with Crippen LogP contribution >= 0.6 is 0 Å². The third kappa shape index (κ3) is 4.08. The first-order chi connectivity index (χ1) is 11.5. The molecule has 1 aromatic carbocycles. The maximum Gasteiger partial charge on any atom is 0.433 e. The highest BCUT2D eigenvalue weighted by atomic mass is 19.4. The van der Waals surface area contributed by atoms with Gasteiger partial charge in [-0.05, 0) is 56.3 Å². The zero-order valence-corrected chi connectivity index (χ0v) is 13.3. The second kappa shape index (κ2) is 7.25. The number of ether oxygens (including phenoxy) is 1. The van der Waals surface area contributed by atoms with Crippen molar-refractivity contribution in [1.82, 2.24) is 14.7 Å². The highest BCUT2D eigenvalue weighted by molar-refractivity contribution is 5.38. The van der Waals surface area contributed by atoms with Gasteiger partial charge >= 0.3 is 6.18 Å². The number of likely N-dealkylation sites (tertiary alicyclic amines) is 1. The van der Waals surface area contributed by atoms with E-state index in [9.17, 15) is 13.2 Å². The van der Waals surface area contributed by atoms with Crippen molar-refractivity contribution in [3.63, 3.8) is 0 Å². The molecule has 7 heteroatoms. The highest BCUT2D eigenvalue weighted by Gasteiger charge is 2.35. The van der Waals surface area contributed by atoms with Crippen LogP contribution in [0.2, 0.25) is 0 Å². The predicted octanol–water partition coefficient (Wildman–Crippen LogP) is 3.76. The van der Waals surface area contributed by atoms with Crippen LogP contribution in [0.5, 0.6) is 5.75 Å². The molecule has 0 N–H and O–H groups in total. The van der Waals surface area contributed by atoms with Gasteiger partial charge < -0.3 is 4.74 Å². The first-order valence-electron chi connectivity index (χ1n) is 8.11. The van der Waals surface area contributed by atoms with Gasteiger partial charge in [0, 0.05) is 6.54 Å². The van der Waals surface area contributed by atoms with Gasteiger partial charge in [0.05, 0.1) is 11.9 Å². The Hall–Kier alpha value is -2.02. The summed E-state index contributed by atoms with van der Waals surface area (Å²) in [6.07, 6.45) is 0.484. The van der Waals surface area contributed by atoms with E-state index in [0.29, 0.717) is 18.0 Å². The second-order valence-corrected chi connectivity index (χ2v) is 5.87. The number of nitrogens with zero attached hydrogens (tertiary/aromatic N) is 3. The molecule has 0 atom stereocenters. The quantitative estimate of drug-likeness (QED) is 0.831. The first kappa shape index (κ1) is 16.8. The molecule has 1 fully saturated rings. The van der Waals surface area contributed by atoms with Crippen molar-refractivity contribution < 1.29 is 17.9 Å². The Labute approximate surface area is 138 Å². The monoisotopic (exact) mass is 339 g/mol. The second-order valence-electron chi connectivity index (χ2n) is 5.87. The van der Waals surface area contributed by atoms with Crippen molar-refractivity contribution in [2.24, 2.45) is 0 Å². The predicted molar refractivity (Wildman–Crippen MR) is 84.4 cm³/mol.